The summed E-state index contributed by atoms with van der Waals surface area (Å²) in [6.45, 7) is 3.69. The lowest BCUT2D eigenvalue weighted by molar-refractivity contribution is -0.115. The number of rotatable bonds is 2. The third kappa shape index (κ3) is 2.74. The van der Waals surface area contributed by atoms with E-state index in [1.165, 1.54) is 0 Å². The molecular weight excluding hydrogens is 268 g/mol. The SMILES string of the molecule is Cc1cc(C)nc(NC(=O)c2ccc3c(c2)NC(=O)C3)n1. The van der Waals surface area contributed by atoms with Crippen molar-refractivity contribution in [3.05, 3.63) is 46.8 Å². The number of nitrogens with one attached hydrogen (secondary N) is 2. The fourth-order valence-corrected chi connectivity index (χ4v) is 2.31. The summed E-state index contributed by atoms with van der Waals surface area (Å²) < 4.78 is 0. The van der Waals surface area contributed by atoms with Crippen LogP contribution in [0.2, 0.25) is 0 Å². The van der Waals surface area contributed by atoms with Crippen LogP contribution in [0.4, 0.5) is 11.6 Å². The number of aryl methyl sites for hydroxylation is 2. The molecular formula is C15H14N4O2. The monoisotopic (exact) mass is 282 g/mol. The van der Waals surface area contributed by atoms with Gasteiger partial charge >= 0.3 is 0 Å². The van der Waals surface area contributed by atoms with Gasteiger partial charge in [-0.05, 0) is 37.6 Å². The number of nitrogens with zero attached hydrogens (tertiary/aromatic N) is 2. The maximum absolute atomic E-state index is 12.2. The van der Waals surface area contributed by atoms with E-state index >= 15 is 0 Å². The van der Waals surface area contributed by atoms with E-state index in [-0.39, 0.29) is 17.8 Å². The van der Waals surface area contributed by atoms with E-state index in [0.717, 1.165) is 17.0 Å². The molecule has 6 nitrogen and oxygen atoms in total. The number of hydrogen-bond donors (Lipinski definition) is 2. The normalized spacial score (nSPS) is 12.8. The molecule has 1 aliphatic rings. The fraction of sp³-hybridized carbons (Fsp3) is 0.200. The van der Waals surface area contributed by atoms with E-state index in [9.17, 15) is 9.59 Å². The van der Waals surface area contributed by atoms with Crippen molar-refractivity contribution in [2.45, 2.75) is 20.3 Å². The molecule has 0 spiro atoms. The van der Waals surface area contributed by atoms with E-state index in [4.69, 9.17) is 0 Å². The molecule has 0 saturated carbocycles. The smallest absolute Gasteiger partial charge is 0.258 e. The van der Waals surface area contributed by atoms with Crippen LogP contribution >= 0.6 is 0 Å². The Morgan fingerprint density at radius 3 is 2.62 bits per heavy atom. The Balaban J connectivity index is 1.83. The van der Waals surface area contributed by atoms with Crippen LogP contribution in [0.15, 0.2) is 24.3 Å². The molecule has 2 N–H and O–H groups in total. The number of fused-ring (bicyclic) bond motifs is 1. The Hall–Kier alpha value is -2.76. The number of anilines is 2. The molecule has 0 radical (unpaired) electrons. The molecule has 106 valence electrons. The summed E-state index contributed by atoms with van der Waals surface area (Å²) >= 11 is 0. The molecule has 2 amide bonds. The zero-order valence-corrected chi connectivity index (χ0v) is 11.7. The molecule has 6 heteroatoms. The Morgan fingerprint density at radius 2 is 1.90 bits per heavy atom. The van der Waals surface area contributed by atoms with Crippen molar-refractivity contribution in [2.24, 2.45) is 0 Å². The first-order chi connectivity index (χ1) is 10.0. The summed E-state index contributed by atoms with van der Waals surface area (Å²) in [5.41, 5.74) is 3.63. The van der Waals surface area contributed by atoms with Gasteiger partial charge in [-0.15, -0.1) is 0 Å². The summed E-state index contributed by atoms with van der Waals surface area (Å²) in [6.07, 6.45) is 0.359. The second kappa shape index (κ2) is 4.97. The van der Waals surface area contributed by atoms with Gasteiger partial charge in [0.2, 0.25) is 11.9 Å². The van der Waals surface area contributed by atoms with Gasteiger partial charge in [-0.25, -0.2) is 9.97 Å². The molecule has 0 unspecified atom stereocenters. The highest BCUT2D eigenvalue weighted by Crippen LogP contribution is 2.24. The van der Waals surface area contributed by atoms with Gasteiger partial charge in [-0.3, -0.25) is 14.9 Å². The van der Waals surface area contributed by atoms with E-state index in [2.05, 4.69) is 20.6 Å². The van der Waals surface area contributed by atoms with Crippen molar-refractivity contribution >= 4 is 23.5 Å². The van der Waals surface area contributed by atoms with Crippen molar-refractivity contribution in [1.82, 2.24) is 9.97 Å². The molecule has 0 aliphatic carbocycles. The molecule has 3 rings (SSSR count). The minimum Gasteiger partial charge on any atom is -0.326 e. The lowest BCUT2D eigenvalue weighted by atomic mass is 10.1. The van der Waals surface area contributed by atoms with Gasteiger partial charge in [0, 0.05) is 22.6 Å². The van der Waals surface area contributed by atoms with Gasteiger partial charge < -0.3 is 5.32 Å². The average Bonchev–Trinajstić information content (AvgIpc) is 2.76. The van der Waals surface area contributed by atoms with E-state index in [1.807, 2.05) is 19.9 Å². The van der Waals surface area contributed by atoms with E-state index < -0.39 is 0 Å². The molecule has 21 heavy (non-hydrogen) atoms. The molecule has 0 saturated heterocycles. The number of benzene rings is 1. The van der Waals surface area contributed by atoms with Crippen molar-refractivity contribution in [2.75, 3.05) is 10.6 Å². The van der Waals surface area contributed by atoms with Crippen LogP contribution in [0, 0.1) is 13.8 Å². The minimum absolute atomic E-state index is 0.0554. The molecule has 1 aliphatic heterocycles. The van der Waals surface area contributed by atoms with Gasteiger partial charge in [0.15, 0.2) is 0 Å². The first-order valence-corrected chi connectivity index (χ1v) is 6.58. The lowest BCUT2D eigenvalue weighted by Crippen LogP contribution is -2.15. The summed E-state index contributed by atoms with van der Waals surface area (Å²) in [7, 11) is 0. The Labute approximate surface area is 121 Å². The Kier molecular flexibility index (Phi) is 3.13. The third-order valence-electron chi connectivity index (χ3n) is 3.20. The molecule has 2 heterocycles. The van der Waals surface area contributed by atoms with Crippen LogP contribution in [0.25, 0.3) is 0 Å². The van der Waals surface area contributed by atoms with Crippen LogP contribution < -0.4 is 10.6 Å². The molecule has 1 aromatic carbocycles. The first-order valence-electron chi connectivity index (χ1n) is 6.58. The minimum atomic E-state index is -0.302. The number of hydrogen-bond acceptors (Lipinski definition) is 4. The summed E-state index contributed by atoms with van der Waals surface area (Å²) in [5, 5.41) is 5.39. The zero-order valence-electron chi connectivity index (χ0n) is 11.7. The molecule has 0 fully saturated rings. The topological polar surface area (TPSA) is 84.0 Å². The summed E-state index contributed by atoms with van der Waals surface area (Å²) in [5.74, 6) is -0.0776. The van der Waals surface area contributed by atoms with Crippen molar-refractivity contribution in [1.29, 1.82) is 0 Å². The second-order valence-corrected chi connectivity index (χ2v) is 5.03. The van der Waals surface area contributed by atoms with Gasteiger partial charge in [0.1, 0.15) is 0 Å². The van der Waals surface area contributed by atoms with Crippen LogP contribution in [-0.2, 0) is 11.2 Å². The highest BCUT2D eigenvalue weighted by atomic mass is 16.2. The van der Waals surface area contributed by atoms with Gasteiger partial charge in [0.25, 0.3) is 5.91 Å². The van der Waals surface area contributed by atoms with Crippen molar-refractivity contribution in [3.8, 4) is 0 Å². The number of carbonyl (C=O) groups excluding carboxylic acids is 2. The number of carbonyl (C=O) groups is 2. The van der Waals surface area contributed by atoms with E-state index in [0.29, 0.717) is 17.7 Å². The molecule has 2 aromatic rings. The zero-order chi connectivity index (χ0) is 15.0. The maximum atomic E-state index is 12.2. The Morgan fingerprint density at radius 1 is 1.19 bits per heavy atom. The average molecular weight is 282 g/mol. The second-order valence-electron chi connectivity index (χ2n) is 5.03. The third-order valence-corrected chi connectivity index (χ3v) is 3.20. The molecule has 0 bridgehead atoms. The first kappa shape index (κ1) is 13.2. The standard InChI is InChI=1S/C15H14N4O2/c1-8-5-9(2)17-15(16-8)19-14(21)11-4-3-10-7-13(20)18-12(10)6-11/h3-6H,7H2,1-2H3,(H,18,20)(H,16,17,19,21). The highest BCUT2D eigenvalue weighted by Gasteiger charge is 2.19. The molecule has 1 aromatic heterocycles. The van der Waals surface area contributed by atoms with Crippen LogP contribution in [0.5, 0.6) is 0 Å². The van der Waals surface area contributed by atoms with Gasteiger partial charge in [-0.2, -0.15) is 0 Å². The predicted molar refractivity (Wildman–Crippen MR) is 78.2 cm³/mol. The predicted octanol–water partition coefficient (Wildman–Crippen LogP) is 1.84. The van der Waals surface area contributed by atoms with Gasteiger partial charge in [0.05, 0.1) is 6.42 Å². The quantitative estimate of drug-likeness (QED) is 0.880. The van der Waals surface area contributed by atoms with Crippen molar-refractivity contribution in [3.63, 3.8) is 0 Å². The van der Waals surface area contributed by atoms with E-state index in [1.54, 1.807) is 18.2 Å². The Bertz CT molecular complexity index is 735. The summed E-state index contributed by atoms with van der Waals surface area (Å²) in [4.78, 5) is 31.9. The lowest BCUT2D eigenvalue weighted by Gasteiger charge is -2.07. The molecule has 0 atom stereocenters. The number of aromatic nitrogens is 2. The van der Waals surface area contributed by atoms with Crippen LogP contribution in [0.1, 0.15) is 27.3 Å². The summed E-state index contributed by atoms with van der Waals surface area (Å²) in [6, 6.07) is 6.97. The van der Waals surface area contributed by atoms with Crippen LogP contribution in [-0.4, -0.2) is 21.8 Å². The van der Waals surface area contributed by atoms with Crippen LogP contribution in [0.3, 0.4) is 0 Å². The fourth-order valence-electron chi connectivity index (χ4n) is 2.31. The maximum Gasteiger partial charge on any atom is 0.258 e. The van der Waals surface area contributed by atoms with Crippen molar-refractivity contribution < 1.29 is 9.59 Å². The largest absolute Gasteiger partial charge is 0.326 e. The number of amides is 2. The van der Waals surface area contributed by atoms with Gasteiger partial charge in [-0.1, -0.05) is 6.07 Å². The highest BCUT2D eigenvalue weighted by molar-refractivity contribution is 6.06.